The van der Waals surface area contributed by atoms with E-state index in [-0.39, 0.29) is 22.8 Å². The third-order valence-electron chi connectivity index (χ3n) is 4.36. The summed E-state index contributed by atoms with van der Waals surface area (Å²) in [5.41, 5.74) is 2.44. The molecule has 0 fully saturated rings. The van der Waals surface area contributed by atoms with Crippen LogP contribution in [-0.4, -0.2) is 26.9 Å². The number of rotatable bonds is 8. The fraction of sp³-hybridized carbons (Fsp3) is 0.130. The Morgan fingerprint density at radius 2 is 1.72 bits per heavy atom. The lowest BCUT2D eigenvalue weighted by atomic mass is 10.1. The fourth-order valence-corrected chi connectivity index (χ4v) is 3.44. The van der Waals surface area contributed by atoms with Gasteiger partial charge in [0.1, 0.15) is 17.9 Å². The number of hydrogen-bond donors (Lipinski definition) is 2. The number of amides is 1. The number of benzene rings is 3. The molecule has 0 bridgehead atoms. The lowest BCUT2D eigenvalue weighted by Gasteiger charge is -2.12. The Balaban J connectivity index is 1.60. The van der Waals surface area contributed by atoms with Gasteiger partial charge in [0, 0.05) is 5.69 Å². The number of nitrogens with two attached hydrogens (primary N) is 1. The molecule has 3 N–H and O–H groups in total. The highest BCUT2D eigenvalue weighted by Crippen LogP contribution is 2.21. The Kier molecular flexibility index (Phi) is 7.24. The van der Waals surface area contributed by atoms with E-state index in [9.17, 15) is 18.0 Å². The zero-order chi connectivity index (χ0) is 23.1. The molecule has 0 saturated carbocycles. The summed E-state index contributed by atoms with van der Waals surface area (Å²) in [4.78, 5) is 24.5. The van der Waals surface area contributed by atoms with Crippen molar-refractivity contribution in [1.29, 1.82) is 0 Å². The van der Waals surface area contributed by atoms with Crippen LogP contribution in [0.2, 0.25) is 0 Å². The monoisotopic (exact) mass is 454 g/mol. The molecule has 0 aliphatic heterocycles. The van der Waals surface area contributed by atoms with Gasteiger partial charge in [-0.2, -0.15) is 0 Å². The minimum Gasteiger partial charge on any atom is -0.488 e. The number of anilines is 1. The van der Waals surface area contributed by atoms with Crippen molar-refractivity contribution in [3.8, 4) is 5.75 Å². The average molecular weight is 455 g/mol. The van der Waals surface area contributed by atoms with Gasteiger partial charge < -0.3 is 14.8 Å². The first-order chi connectivity index (χ1) is 15.2. The Labute approximate surface area is 186 Å². The number of aryl methyl sites for hydroxylation is 1. The molecule has 0 heterocycles. The second-order valence-corrected chi connectivity index (χ2v) is 8.53. The van der Waals surface area contributed by atoms with Crippen molar-refractivity contribution in [3.63, 3.8) is 0 Å². The van der Waals surface area contributed by atoms with Crippen molar-refractivity contribution in [2.75, 3.05) is 11.9 Å². The minimum atomic E-state index is -3.91. The maximum Gasteiger partial charge on any atom is 0.342 e. The predicted molar refractivity (Wildman–Crippen MR) is 119 cm³/mol. The van der Waals surface area contributed by atoms with Crippen molar-refractivity contribution in [2.24, 2.45) is 5.14 Å². The molecule has 3 aromatic carbocycles. The number of carbonyl (C=O) groups excluding carboxylic acids is 2. The van der Waals surface area contributed by atoms with E-state index >= 15 is 0 Å². The van der Waals surface area contributed by atoms with Gasteiger partial charge >= 0.3 is 5.97 Å². The molecule has 1 amide bonds. The lowest BCUT2D eigenvalue weighted by Crippen LogP contribution is -2.21. The summed E-state index contributed by atoms with van der Waals surface area (Å²) in [7, 11) is -3.91. The molecular formula is C23H22N2O6S. The Morgan fingerprint density at radius 1 is 0.969 bits per heavy atom. The summed E-state index contributed by atoms with van der Waals surface area (Å²) < 4.78 is 33.7. The van der Waals surface area contributed by atoms with Gasteiger partial charge in [0.2, 0.25) is 10.0 Å². The largest absolute Gasteiger partial charge is 0.488 e. The fourth-order valence-electron chi connectivity index (χ4n) is 2.88. The van der Waals surface area contributed by atoms with Crippen LogP contribution in [0.5, 0.6) is 5.75 Å². The maximum absolute atomic E-state index is 12.5. The quantitative estimate of drug-likeness (QED) is 0.504. The van der Waals surface area contributed by atoms with Crippen molar-refractivity contribution in [1.82, 2.24) is 0 Å². The Bertz CT molecular complexity index is 1240. The number of nitrogens with one attached hydrogen (secondary N) is 1. The zero-order valence-corrected chi connectivity index (χ0v) is 18.1. The van der Waals surface area contributed by atoms with Gasteiger partial charge in [0.25, 0.3) is 5.91 Å². The van der Waals surface area contributed by atoms with Crippen LogP contribution in [0.4, 0.5) is 5.69 Å². The van der Waals surface area contributed by atoms with Crippen LogP contribution in [0, 0.1) is 6.92 Å². The van der Waals surface area contributed by atoms with Gasteiger partial charge in [-0.3, -0.25) is 4.79 Å². The summed E-state index contributed by atoms with van der Waals surface area (Å²) in [6.45, 7) is 1.68. The molecule has 8 nitrogen and oxygen atoms in total. The Hall–Kier alpha value is -3.69. The van der Waals surface area contributed by atoms with Crippen LogP contribution in [0.1, 0.15) is 21.5 Å². The first-order valence-corrected chi connectivity index (χ1v) is 11.1. The molecule has 166 valence electrons. The highest BCUT2D eigenvalue weighted by atomic mass is 32.2. The van der Waals surface area contributed by atoms with E-state index in [1.54, 1.807) is 24.3 Å². The summed E-state index contributed by atoms with van der Waals surface area (Å²) in [6.07, 6.45) is 0. The lowest BCUT2D eigenvalue weighted by molar-refractivity contribution is -0.119. The minimum absolute atomic E-state index is 0.146. The smallest absolute Gasteiger partial charge is 0.342 e. The predicted octanol–water partition coefficient (Wildman–Crippen LogP) is 3.02. The van der Waals surface area contributed by atoms with Gasteiger partial charge in [-0.15, -0.1) is 0 Å². The summed E-state index contributed by atoms with van der Waals surface area (Å²) >= 11 is 0. The molecule has 0 aliphatic rings. The van der Waals surface area contributed by atoms with Gasteiger partial charge in [0.15, 0.2) is 6.61 Å². The van der Waals surface area contributed by atoms with E-state index in [1.807, 2.05) is 31.2 Å². The molecule has 0 atom stereocenters. The summed E-state index contributed by atoms with van der Waals surface area (Å²) in [5.74, 6) is -1.03. The van der Waals surface area contributed by atoms with Crippen LogP contribution in [0.3, 0.4) is 0 Å². The van der Waals surface area contributed by atoms with Gasteiger partial charge in [-0.25, -0.2) is 18.4 Å². The summed E-state index contributed by atoms with van der Waals surface area (Å²) in [5, 5.41) is 7.54. The second-order valence-electron chi connectivity index (χ2n) is 6.97. The van der Waals surface area contributed by atoms with E-state index in [2.05, 4.69) is 5.32 Å². The first kappa shape index (κ1) is 23.0. The Morgan fingerprint density at radius 3 is 2.47 bits per heavy atom. The molecular weight excluding hydrogens is 432 g/mol. The van der Waals surface area contributed by atoms with Crippen molar-refractivity contribution < 1.29 is 27.5 Å². The third-order valence-corrected chi connectivity index (χ3v) is 5.28. The van der Waals surface area contributed by atoms with Crippen LogP contribution in [0.25, 0.3) is 0 Å². The molecule has 3 rings (SSSR count). The molecule has 0 saturated heterocycles. The van der Waals surface area contributed by atoms with Gasteiger partial charge in [0.05, 0.1) is 4.90 Å². The molecule has 0 aromatic heterocycles. The van der Waals surface area contributed by atoms with Crippen LogP contribution >= 0.6 is 0 Å². The standard InChI is InChI=1S/C23H22N2O6S/c1-16-6-4-7-17(12-16)14-30-21-11-3-2-10-20(21)23(27)31-15-22(26)25-18-8-5-9-19(13-18)32(24,28)29/h2-13H,14-15H2,1H3,(H,25,26)(H2,24,28,29). The van der Waals surface area contributed by atoms with Crippen molar-refractivity contribution in [3.05, 3.63) is 89.5 Å². The number of primary sulfonamides is 1. The number of esters is 1. The molecule has 9 heteroatoms. The number of ether oxygens (including phenoxy) is 2. The number of para-hydroxylation sites is 1. The van der Waals surface area contributed by atoms with Gasteiger partial charge in [-0.1, -0.05) is 48.0 Å². The molecule has 32 heavy (non-hydrogen) atoms. The summed E-state index contributed by atoms with van der Waals surface area (Å²) in [6, 6.07) is 19.8. The number of hydrogen-bond acceptors (Lipinski definition) is 6. The van der Waals surface area contributed by atoms with Crippen LogP contribution in [0.15, 0.2) is 77.7 Å². The molecule has 0 radical (unpaired) electrons. The second kappa shape index (κ2) is 10.1. The number of carbonyl (C=O) groups is 2. The van der Waals surface area contributed by atoms with Crippen molar-refractivity contribution in [2.45, 2.75) is 18.4 Å². The van der Waals surface area contributed by atoms with E-state index in [0.717, 1.165) is 11.1 Å². The molecule has 0 aliphatic carbocycles. The van der Waals surface area contributed by atoms with E-state index in [4.69, 9.17) is 14.6 Å². The maximum atomic E-state index is 12.5. The van der Waals surface area contributed by atoms with E-state index in [1.165, 1.54) is 24.3 Å². The van der Waals surface area contributed by atoms with E-state index < -0.39 is 28.5 Å². The topological polar surface area (TPSA) is 125 Å². The van der Waals surface area contributed by atoms with Crippen molar-refractivity contribution >= 4 is 27.6 Å². The van der Waals surface area contributed by atoms with E-state index in [0.29, 0.717) is 5.75 Å². The van der Waals surface area contributed by atoms with Gasteiger partial charge in [-0.05, 0) is 42.8 Å². The number of sulfonamides is 1. The van der Waals surface area contributed by atoms with Crippen LogP contribution in [-0.2, 0) is 26.2 Å². The normalized spacial score (nSPS) is 10.9. The average Bonchev–Trinajstić information content (AvgIpc) is 2.76. The molecule has 0 unspecified atom stereocenters. The molecule has 3 aromatic rings. The van der Waals surface area contributed by atoms with Crippen LogP contribution < -0.4 is 15.2 Å². The highest BCUT2D eigenvalue weighted by Gasteiger charge is 2.16. The SMILES string of the molecule is Cc1cccc(COc2ccccc2C(=O)OCC(=O)Nc2cccc(S(N)(=O)=O)c2)c1. The molecule has 0 spiro atoms. The third kappa shape index (κ3) is 6.40. The zero-order valence-electron chi connectivity index (χ0n) is 17.3. The first-order valence-electron chi connectivity index (χ1n) is 9.59. The highest BCUT2D eigenvalue weighted by molar-refractivity contribution is 7.89.